The molecule has 2 aromatic heterocycles. The molecular weight excluding hydrogens is 416 g/mol. The Morgan fingerprint density at radius 3 is 2.40 bits per heavy atom. The fraction of sp³-hybridized carbons (Fsp3) is 0.273. The third kappa shape index (κ3) is 3.54. The van der Waals surface area contributed by atoms with Crippen LogP contribution in [0.4, 0.5) is 0 Å². The van der Waals surface area contributed by atoms with Gasteiger partial charge in [0.2, 0.25) is 0 Å². The van der Waals surface area contributed by atoms with Crippen molar-refractivity contribution in [3.05, 3.63) is 60.8 Å². The molecule has 0 bridgehead atoms. The molecule has 0 saturated heterocycles. The van der Waals surface area contributed by atoms with Crippen molar-refractivity contribution in [1.29, 1.82) is 0 Å². The molecule has 8 heteroatoms. The van der Waals surface area contributed by atoms with Crippen LogP contribution in [0.25, 0.3) is 22.3 Å². The molecule has 0 amide bonds. The Morgan fingerprint density at radius 2 is 1.70 bits per heavy atom. The lowest BCUT2D eigenvalue weighted by Crippen LogP contribution is -2.11. The van der Waals surface area contributed by atoms with Gasteiger partial charge in [0.1, 0.15) is 0 Å². The first kappa shape index (κ1) is 20.7. The largest absolute Gasteiger partial charge is 0.302 e. The van der Waals surface area contributed by atoms with Gasteiger partial charge in [-0.15, -0.1) is 10.2 Å². The van der Waals surface area contributed by atoms with E-state index in [4.69, 9.17) is 0 Å². The number of thioether (sulfide) groups is 1. The summed E-state index contributed by atoms with van der Waals surface area (Å²) in [6.07, 6.45) is 2.70. The Labute approximate surface area is 181 Å². The smallest absolute Gasteiger partial charge is 0.268 e. The van der Waals surface area contributed by atoms with Crippen LogP contribution in [0, 0.1) is 0 Å². The van der Waals surface area contributed by atoms with Crippen molar-refractivity contribution in [2.75, 3.05) is 0 Å². The van der Waals surface area contributed by atoms with Crippen LogP contribution in [-0.2, 0) is 16.6 Å². The topological polar surface area (TPSA) is 69.8 Å². The molecule has 0 spiro atoms. The van der Waals surface area contributed by atoms with Crippen LogP contribution < -0.4 is 0 Å². The lowest BCUT2D eigenvalue weighted by Gasteiger charge is -2.10. The fourth-order valence-corrected chi connectivity index (χ4v) is 5.70. The van der Waals surface area contributed by atoms with Crippen LogP contribution >= 0.6 is 11.8 Å². The van der Waals surface area contributed by atoms with Gasteiger partial charge < -0.3 is 4.57 Å². The SMILES string of the molecule is CC[C@H](C)Sc1nnc(-c2cn(S(=O)(=O)c3ccccc3)c3ccccc23)n1CC. The van der Waals surface area contributed by atoms with Gasteiger partial charge in [0.15, 0.2) is 11.0 Å². The zero-order chi connectivity index (χ0) is 21.3. The average Bonchev–Trinajstić information content (AvgIpc) is 3.35. The number of para-hydroxylation sites is 1. The van der Waals surface area contributed by atoms with Gasteiger partial charge in [-0.1, -0.05) is 62.0 Å². The predicted octanol–water partition coefficient (Wildman–Crippen LogP) is 5.05. The number of hydrogen-bond donors (Lipinski definition) is 0. The number of rotatable bonds is 7. The molecular formula is C22H24N4O2S2. The van der Waals surface area contributed by atoms with Crippen molar-refractivity contribution in [3.63, 3.8) is 0 Å². The van der Waals surface area contributed by atoms with E-state index in [0.717, 1.165) is 22.5 Å². The van der Waals surface area contributed by atoms with Crippen molar-refractivity contribution < 1.29 is 8.42 Å². The Balaban J connectivity index is 1.91. The van der Waals surface area contributed by atoms with E-state index >= 15 is 0 Å². The molecule has 0 aliphatic carbocycles. The molecule has 1 atom stereocenters. The first-order chi connectivity index (χ1) is 14.5. The maximum absolute atomic E-state index is 13.4. The second-order valence-electron chi connectivity index (χ2n) is 7.06. The highest BCUT2D eigenvalue weighted by atomic mass is 32.2. The Morgan fingerprint density at radius 1 is 1.00 bits per heavy atom. The van der Waals surface area contributed by atoms with Crippen molar-refractivity contribution in [2.45, 2.75) is 49.0 Å². The van der Waals surface area contributed by atoms with Crippen LogP contribution in [0.5, 0.6) is 0 Å². The molecule has 0 radical (unpaired) electrons. The van der Waals surface area contributed by atoms with E-state index in [9.17, 15) is 8.42 Å². The third-order valence-electron chi connectivity index (χ3n) is 5.13. The summed E-state index contributed by atoms with van der Waals surface area (Å²) >= 11 is 1.69. The summed E-state index contributed by atoms with van der Waals surface area (Å²) in [5.74, 6) is 0.682. The monoisotopic (exact) mass is 440 g/mol. The van der Waals surface area contributed by atoms with Gasteiger partial charge >= 0.3 is 0 Å². The van der Waals surface area contributed by atoms with Gasteiger partial charge in [0.25, 0.3) is 10.0 Å². The summed E-state index contributed by atoms with van der Waals surface area (Å²) in [5, 5.41) is 11.0. The number of hydrogen-bond acceptors (Lipinski definition) is 5. The third-order valence-corrected chi connectivity index (χ3v) is 8.07. The van der Waals surface area contributed by atoms with Crippen LogP contribution in [0.3, 0.4) is 0 Å². The van der Waals surface area contributed by atoms with Crippen LogP contribution in [0.2, 0.25) is 0 Å². The Bertz CT molecular complexity index is 1280. The summed E-state index contributed by atoms with van der Waals surface area (Å²) in [6.45, 7) is 7.06. The van der Waals surface area contributed by atoms with Gasteiger partial charge in [-0.3, -0.25) is 0 Å². The quantitative estimate of drug-likeness (QED) is 0.376. The predicted molar refractivity (Wildman–Crippen MR) is 121 cm³/mol. The van der Waals surface area contributed by atoms with Crippen molar-refractivity contribution in [3.8, 4) is 11.4 Å². The highest BCUT2D eigenvalue weighted by Crippen LogP contribution is 2.34. The molecule has 6 nitrogen and oxygen atoms in total. The number of fused-ring (bicyclic) bond motifs is 1. The highest BCUT2D eigenvalue weighted by molar-refractivity contribution is 7.99. The van der Waals surface area contributed by atoms with Crippen LogP contribution in [0.1, 0.15) is 27.2 Å². The molecule has 0 fully saturated rings. The molecule has 0 N–H and O–H groups in total. The molecule has 4 rings (SSSR count). The summed E-state index contributed by atoms with van der Waals surface area (Å²) in [6, 6.07) is 16.0. The standard InChI is InChI=1S/C22H24N4O2S2/c1-4-16(3)29-22-24-23-21(25(22)5-2)19-15-26(20-14-10-9-13-18(19)20)30(27,28)17-11-7-6-8-12-17/h6-16H,4-5H2,1-3H3/t16-/m0/s1. The number of nitrogens with zero attached hydrogens (tertiary/aromatic N) is 4. The van der Waals surface area contributed by atoms with Crippen molar-refractivity contribution >= 4 is 32.7 Å². The molecule has 2 aromatic carbocycles. The van der Waals surface area contributed by atoms with Gasteiger partial charge in [-0.05, 0) is 31.5 Å². The molecule has 156 valence electrons. The molecule has 0 unspecified atom stereocenters. The van der Waals surface area contributed by atoms with E-state index in [1.54, 1.807) is 48.3 Å². The highest BCUT2D eigenvalue weighted by Gasteiger charge is 2.24. The fourth-order valence-electron chi connectivity index (χ4n) is 3.36. The second-order valence-corrected chi connectivity index (χ2v) is 10.3. The zero-order valence-electron chi connectivity index (χ0n) is 17.2. The van der Waals surface area contributed by atoms with E-state index < -0.39 is 10.0 Å². The minimum absolute atomic E-state index is 0.252. The van der Waals surface area contributed by atoms with E-state index in [-0.39, 0.29) is 4.90 Å². The molecule has 30 heavy (non-hydrogen) atoms. The number of aromatic nitrogens is 4. The van der Waals surface area contributed by atoms with Crippen LogP contribution in [-0.4, -0.2) is 32.4 Å². The average molecular weight is 441 g/mol. The van der Waals surface area contributed by atoms with E-state index in [1.165, 1.54) is 3.97 Å². The molecule has 4 aromatic rings. The molecule has 0 aliphatic rings. The zero-order valence-corrected chi connectivity index (χ0v) is 18.8. The maximum Gasteiger partial charge on any atom is 0.268 e. The summed E-state index contributed by atoms with van der Waals surface area (Å²) < 4.78 is 30.1. The molecule has 0 aliphatic heterocycles. The van der Waals surface area contributed by atoms with Gasteiger partial charge in [-0.2, -0.15) is 0 Å². The van der Waals surface area contributed by atoms with Crippen LogP contribution in [0.15, 0.2) is 70.8 Å². The Hall–Kier alpha value is -2.58. The Kier molecular flexibility index (Phi) is 5.71. The lowest BCUT2D eigenvalue weighted by atomic mass is 10.1. The summed E-state index contributed by atoms with van der Waals surface area (Å²) in [5.41, 5.74) is 1.38. The first-order valence-corrected chi connectivity index (χ1v) is 12.3. The van der Waals surface area contributed by atoms with E-state index in [1.807, 2.05) is 31.2 Å². The summed E-state index contributed by atoms with van der Waals surface area (Å²) in [7, 11) is -3.73. The van der Waals surface area contributed by atoms with Gasteiger partial charge in [0, 0.05) is 28.9 Å². The van der Waals surface area contributed by atoms with Gasteiger partial charge in [0.05, 0.1) is 10.4 Å². The minimum Gasteiger partial charge on any atom is -0.302 e. The maximum atomic E-state index is 13.4. The molecule has 2 heterocycles. The van der Waals surface area contributed by atoms with Gasteiger partial charge in [-0.25, -0.2) is 12.4 Å². The van der Waals surface area contributed by atoms with Crippen molar-refractivity contribution in [1.82, 2.24) is 18.7 Å². The lowest BCUT2D eigenvalue weighted by molar-refractivity contribution is 0.589. The number of benzene rings is 2. The molecule has 0 saturated carbocycles. The van der Waals surface area contributed by atoms with E-state index in [2.05, 4.69) is 28.6 Å². The normalized spacial score (nSPS) is 13.0. The summed E-state index contributed by atoms with van der Waals surface area (Å²) in [4.78, 5) is 0.252. The van der Waals surface area contributed by atoms with E-state index in [0.29, 0.717) is 23.1 Å². The first-order valence-electron chi connectivity index (χ1n) is 9.98. The second kappa shape index (κ2) is 8.28. The minimum atomic E-state index is -3.73. The van der Waals surface area contributed by atoms with Crippen molar-refractivity contribution in [2.24, 2.45) is 0 Å².